The Kier molecular flexibility index (Phi) is 4.63. The van der Waals surface area contributed by atoms with Gasteiger partial charge in [0.15, 0.2) is 0 Å². The van der Waals surface area contributed by atoms with Gasteiger partial charge >= 0.3 is 0 Å². The molecule has 0 spiro atoms. The lowest BCUT2D eigenvalue weighted by atomic mass is 10.0. The second kappa shape index (κ2) is 6.43. The number of benzene rings is 1. The van der Waals surface area contributed by atoms with Crippen LogP contribution in [0.15, 0.2) is 48.7 Å². The first-order chi connectivity index (χ1) is 9.16. The fourth-order valence-electron chi connectivity index (χ4n) is 2.00. The van der Waals surface area contributed by atoms with Crippen LogP contribution in [-0.4, -0.2) is 11.5 Å². The molecule has 0 amide bonds. The number of nitrogens with zero attached hydrogens (tertiary/aromatic N) is 1. The van der Waals surface area contributed by atoms with Gasteiger partial charge in [-0.3, -0.25) is 4.98 Å². The third kappa shape index (κ3) is 3.86. The van der Waals surface area contributed by atoms with Crippen molar-refractivity contribution in [1.29, 1.82) is 0 Å². The number of hydrogen-bond acceptors (Lipinski definition) is 2. The van der Waals surface area contributed by atoms with Crippen LogP contribution in [0.2, 0.25) is 0 Å². The lowest BCUT2D eigenvalue weighted by Crippen LogP contribution is -2.24. The van der Waals surface area contributed by atoms with Crippen molar-refractivity contribution < 1.29 is 4.39 Å². The number of halogens is 1. The van der Waals surface area contributed by atoms with Crippen molar-refractivity contribution in [2.45, 2.75) is 25.8 Å². The Balaban J connectivity index is 1.90. The van der Waals surface area contributed by atoms with E-state index in [1.807, 2.05) is 13.0 Å². The highest BCUT2D eigenvalue weighted by molar-refractivity contribution is 5.19. The Morgan fingerprint density at radius 3 is 2.47 bits per heavy atom. The molecule has 0 radical (unpaired) electrons. The molecule has 1 aromatic heterocycles. The van der Waals surface area contributed by atoms with E-state index < -0.39 is 0 Å². The predicted octanol–water partition coefficient (Wildman–Crippen LogP) is 3.68. The largest absolute Gasteiger partial charge is 0.308 e. The maximum absolute atomic E-state index is 12.8. The van der Waals surface area contributed by atoms with Crippen molar-refractivity contribution >= 4 is 0 Å². The molecular formula is C16H19FN2. The average Bonchev–Trinajstić information content (AvgIpc) is 2.46. The number of pyridine rings is 1. The highest BCUT2D eigenvalue weighted by Crippen LogP contribution is 2.15. The van der Waals surface area contributed by atoms with Gasteiger partial charge in [-0.15, -0.1) is 0 Å². The molecular weight excluding hydrogens is 239 g/mol. The minimum Gasteiger partial charge on any atom is -0.308 e. The molecule has 2 rings (SSSR count). The van der Waals surface area contributed by atoms with Crippen molar-refractivity contribution in [3.63, 3.8) is 0 Å². The lowest BCUT2D eigenvalue weighted by Gasteiger charge is -2.17. The fourth-order valence-corrected chi connectivity index (χ4v) is 2.00. The summed E-state index contributed by atoms with van der Waals surface area (Å²) in [5.74, 6) is 0.137. The van der Waals surface area contributed by atoms with Crippen LogP contribution >= 0.6 is 0 Å². The highest BCUT2D eigenvalue weighted by atomic mass is 19.1. The second-order valence-electron chi connectivity index (χ2n) is 4.84. The maximum atomic E-state index is 12.8. The van der Waals surface area contributed by atoms with Gasteiger partial charge in [0.1, 0.15) is 5.82 Å². The van der Waals surface area contributed by atoms with Crippen LogP contribution in [0.3, 0.4) is 0 Å². The third-order valence-corrected chi connectivity index (χ3v) is 3.29. The Hall–Kier alpha value is -1.74. The molecule has 2 atom stereocenters. The zero-order valence-corrected chi connectivity index (χ0v) is 11.3. The van der Waals surface area contributed by atoms with Crippen LogP contribution in [0.1, 0.15) is 37.1 Å². The van der Waals surface area contributed by atoms with E-state index in [2.05, 4.69) is 41.5 Å². The predicted molar refractivity (Wildman–Crippen MR) is 75.5 cm³/mol. The Labute approximate surface area is 113 Å². The summed E-state index contributed by atoms with van der Waals surface area (Å²) in [6.45, 7) is 5.09. The molecule has 0 bridgehead atoms. The van der Waals surface area contributed by atoms with Crippen molar-refractivity contribution in [3.8, 4) is 0 Å². The van der Waals surface area contributed by atoms with E-state index in [0.717, 1.165) is 12.2 Å². The van der Waals surface area contributed by atoms with Crippen LogP contribution in [-0.2, 0) is 0 Å². The quantitative estimate of drug-likeness (QED) is 0.885. The second-order valence-corrected chi connectivity index (χ2v) is 4.84. The molecule has 0 aliphatic heterocycles. The minimum absolute atomic E-state index is 0.117. The smallest absolute Gasteiger partial charge is 0.141 e. The molecule has 0 fully saturated rings. The monoisotopic (exact) mass is 258 g/mol. The van der Waals surface area contributed by atoms with E-state index in [1.165, 1.54) is 17.8 Å². The third-order valence-electron chi connectivity index (χ3n) is 3.29. The summed E-state index contributed by atoms with van der Waals surface area (Å²) in [6, 6.07) is 13.7. The fraction of sp³-hybridized carbons (Fsp3) is 0.312. The zero-order chi connectivity index (χ0) is 13.7. The first kappa shape index (κ1) is 13.7. The van der Waals surface area contributed by atoms with Gasteiger partial charge in [0.2, 0.25) is 0 Å². The van der Waals surface area contributed by atoms with Crippen LogP contribution < -0.4 is 5.32 Å². The summed E-state index contributed by atoms with van der Waals surface area (Å²) in [5, 5.41) is 3.43. The topological polar surface area (TPSA) is 24.9 Å². The highest BCUT2D eigenvalue weighted by Gasteiger charge is 2.09. The Morgan fingerprint density at radius 1 is 1.11 bits per heavy atom. The molecule has 1 heterocycles. The molecule has 0 saturated carbocycles. The molecule has 1 aromatic carbocycles. The molecule has 0 aliphatic rings. The van der Waals surface area contributed by atoms with Crippen molar-refractivity contribution in [2.24, 2.45) is 0 Å². The summed E-state index contributed by atoms with van der Waals surface area (Å²) in [7, 11) is 0. The van der Waals surface area contributed by atoms with Crippen molar-refractivity contribution in [2.75, 3.05) is 6.54 Å². The van der Waals surface area contributed by atoms with E-state index in [-0.39, 0.29) is 11.9 Å². The van der Waals surface area contributed by atoms with E-state index >= 15 is 0 Å². The summed E-state index contributed by atoms with van der Waals surface area (Å²) < 4.78 is 12.8. The Morgan fingerprint density at radius 2 is 1.84 bits per heavy atom. The van der Waals surface area contributed by atoms with E-state index in [1.54, 1.807) is 6.07 Å². The molecule has 2 unspecified atom stereocenters. The summed E-state index contributed by atoms with van der Waals surface area (Å²) in [4.78, 5) is 4.09. The first-order valence-electron chi connectivity index (χ1n) is 6.56. The van der Waals surface area contributed by atoms with E-state index in [0.29, 0.717) is 5.92 Å². The Bertz CT molecular complexity index is 496. The van der Waals surface area contributed by atoms with Gasteiger partial charge in [-0.05, 0) is 30.5 Å². The molecule has 1 N–H and O–H groups in total. The lowest BCUT2D eigenvalue weighted by molar-refractivity contribution is 0.524. The number of rotatable bonds is 5. The van der Waals surface area contributed by atoms with Gasteiger partial charge in [-0.25, -0.2) is 4.39 Å². The normalized spacial score (nSPS) is 14.1. The van der Waals surface area contributed by atoms with Crippen LogP contribution in [0.25, 0.3) is 0 Å². The number of nitrogens with one attached hydrogen (secondary N) is 1. The first-order valence-corrected chi connectivity index (χ1v) is 6.56. The van der Waals surface area contributed by atoms with Crippen LogP contribution in [0, 0.1) is 5.82 Å². The van der Waals surface area contributed by atoms with Gasteiger partial charge < -0.3 is 5.32 Å². The van der Waals surface area contributed by atoms with Gasteiger partial charge in [0.05, 0.1) is 11.9 Å². The van der Waals surface area contributed by atoms with Crippen molar-refractivity contribution in [1.82, 2.24) is 10.3 Å². The summed E-state index contributed by atoms with van der Waals surface area (Å²) in [5.41, 5.74) is 2.18. The van der Waals surface area contributed by atoms with Crippen LogP contribution in [0.4, 0.5) is 4.39 Å². The maximum Gasteiger partial charge on any atom is 0.141 e. The standard InChI is InChI=1S/C16H19FN2/c1-12(14-6-4-3-5-7-14)10-18-13(2)16-9-8-15(17)11-19-16/h3-9,11-13,18H,10H2,1-2H3. The van der Waals surface area contributed by atoms with Crippen LogP contribution in [0.5, 0.6) is 0 Å². The molecule has 2 nitrogen and oxygen atoms in total. The van der Waals surface area contributed by atoms with Gasteiger partial charge in [-0.1, -0.05) is 37.3 Å². The number of aromatic nitrogens is 1. The molecule has 0 aliphatic carbocycles. The SMILES string of the molecule is CC(CNC(C)c1ccc(F)cn1)c1ccccc1. The molecule has 2 aromatic rings. The van der Waals surface area contributed by atoms with Gasteiger partial charge in [0.25, 0.3) is 0 Å². The summed E-state index contributed by atoms with van der Waals surface area (Å²) >= 11 is 0. The minimum atomic E-state index is -0.298. The van der Waals surface area contributed by atoms with E-state index in [4.69, 9.17) is 0 Å². The zero-order valence-electron chi connectivity index (χ0n) is 11.3. The molecule has 19 heavy (non-hydrogen) atoms. The number of hydrogen-bond donors (Lipinski definition) is 1. The molecule has 0 saturated heterocycles. The molecule has 3 heteroatoms. The van der Waals surface area contributed by atoms with Crippen molar-refractivity contribution in [3.05, 3.63) is 65.7 Å². The van der Waals surface area contributed by atoms with Gasteiger partial charge in [-0.2, -0.15) is 0 Å². The van der Waals surface area contributed by atoms with Gasteiger partial charge in [0, 0.05) is 12.6 Å². The molecule has 100 valence electrons. The average molecular weight is 258 g/mol. The summed E-state index contributed by atoms with van der Waals surface area (Å²) in [6.07, 6.45) is 1.26. The van der Waals surface area contributed by atoms with E-state index in [9.17, 15) is 4.39 Å².